The van der Waals surface area contributed by atoms with Crippen molar-refractivity contribution >= 4 is 17.6 Å². The van der Waals surface area contributed by atoms with Gasteiger partial charge in [-0.05, 0) is 30.7 Å². The van der Waals surface area contributed by atoms with Crippen molar-refractivity contribution in [3.8, 4) is 0 Å². The molecule has 1 N–H and O–H groups in total. The third-order valence-corrected chi connectivity index (χ3v) is 3.04. The molecule has 0 spiro atoms. The summed E-state index contributed by atoms with van der Waals surface area (Å²) in [7, 11) is 0. The first-order valence-corrected chi connectivity index (χ1v) is 6.17. The number of rotatable bonds is 6. The molecule has 0 saturated heterocycles. The molecule has 94 valence electrons. The molecule has 0 radical (unpaired) electrons. The van der Waals surface area contributed by atoms with Crippen LogP contribution >= 0.6 is 11.6 Å². The SMILES string of the molecule is CCC(c1cccc(Cl)c1)N(CC)CC(=O)O. The van der Waals surface area contributed by atoms with Gasteiger partial charge in [0.05, 0.1) is 6.54 Å². The molecule has 17 heavy (non-hydrogen) atoms. The maximum Gasteiger partial charge on any atom is 0.317 e. The minimum atomic E-state index is -0.799. The van der Waals surface area contributed by atoms with E-state index in [-0.39, 0.29) is 12.6 Å². The third-order valence-electron chi connectivity index (χ3n) is 2.81. The molecule has 0 aliphatic rings. The number of carboxylic acid groups (broad SMARTS) is 1. The highest BCUT2D eigenvalue weighted by Crippen LogP contribution is 2.25. The highest BCUT2D eigenvalue weighted by Gasteiger charge is 2.19. The van der Waals surface area contributed by atoms with Gasteiger partial charge < -0.3 is 5.11 Å². The van der Waals surface area contributed by atoms with E-state index >= 15 is 0 Å². The van der Waals surface area contributed by atoms with E-state index in [9.17, 15) is 4.79 Å². The second kappa shape index (κ2) is 6.62. The molecule has 1 rings (SSSR count). The molecule has 0 saturated carbocycles. The highest BCUT2D eigenvalue weighted by molar-refractivity contribution is 6.30. The van der Waals surface area contributed by atoms with Crippen LogP contribution in [0.4, 0.5) is 0 Å². The summed E-state index contributed by atoms with van der Waals surface area (Å²) in [5.74, 6) is -0.799. The lowest BCUT2D eigenvalue weighted by Gasteiger charge is -2.28. The lowest BCUT2D eigenvalue weighted by atomic mass is 10.0. The topological polar surface area (TPSA) is 40.5 Å². The predicted octanol–water partition coefficient (Wildman–Crippen LogP) is 3.20. The molecule has 1 aromatic rings. The second-order valence-electron chi connectivity index (χ2n) is 3.94. The van der Waals surface area contributed by atoms with Crippen molar-refractivity contribution in [1.82, 2.24) is 4.90 Å². The van der Waals surface area contributed by atoms with E-state index in [2.05, 4.69) is 6.92 Å². The molecule has 0 amide bonds. The Hall–Kier alpha value is -1.06. The molecule has 0 bridgehead atoms. The Morgan fingerprint density at radius 2 is 2.18 bits per heavy atom. The number of halogens is 1. The standard InChI is InChI=1S/C13H18ClNO2/c1-3-12(15(4-2)9-13(16)17)10-6-5-7-11(14)8-10/h5-8,12H,3-4,9H2,1-2H3,(H,16,17). The van der Waals surface area contributed by atoms with E-state index in [1.165, 1.54) is 0 Å². The molecule has 4 heteroatoms. The van der Waals surface area contributed by atoms with Crippen LogP contribution < -0.4 is 0 Å². The van der Waals surface area contributed by atoms with Crippen LogP contribution in [0.2, 0.25) is 5.02 Å². The van der Waals surface area contributed by atoms with Crippen LogP contribution in [0.5, 0.6) is 0 Å². The van der Waals surface area contributed by atoms with Crippen LogP contribution in [0.3, 0.4) is 0 Å². The summed E-state index contributed by atoms with van der Waals surface area (Å²) in [6.07, 6.45) is 0.863. The van der Waals surface area contributed by atoms with Gasteiger partial charge in [-0.15, -0.1) is 0 Å². The molecule has 1 aromatic carbocycles. The fraction of sp³-hybridized carbons (Fsp3) is 0.462. The quantitative estimate of drug-likeness (QED) is 0.849. The highest BCUT2D eigenvalue weighted by atomic mass is 35.5. The van der Waals surface area contributed by atoms with Gasteiger partial charge in [0.25, 0.3) is 0 Å². The first kappa shape index (κ1) is 14.0. The molecular formula is C13H18ClNO2. The molecule has 0 aromatic heterocycles. The van der Waals surface area contributed by atoms with E-state index < -0.39 is 5.97 Å². The zero-order valence-electron chi connectivity index (χ0n) is 10.2. The molecule has 1 unspecified atom stereocenters. The molecule has 3 nitrogen and oxygen atoms in total. The van der Waals surface area contributed by atoms with Crippen molar-refractivity contribution < 1.29 is 9.90 Å². The number of hydrogen-bond acceptors (Lipinski definition) is 2. The number of carboxylic acids is 1. The van der Waals surface area contributed by atoms with E-state index in [1.807, 2.05) is 36.1 Å². The Labute approximate surface area is 107 Å². The average molecular weight is 256 g/mol. The zero-order valence-corrected chi connectivity index (χ0v) is 10.9. The van der Waals surface area contributed by atoms with Crippen molar-refractivity contribution in [2.24, 2.45) is 0 Å². The fourth-order valence-corrected chi connectivity index (χ4v) is 2.23. The van der Waals surface area contributed by atoms with Crippen molar-refractivity contribution in [2.45, 2.75) is 26.3 Å². The Kier molecular flexibility index (Phi) is 5.45. The summed E-state index contributed by atoms with van der Waals surface area (Å²) in [6.45, 7) is 4.78. The van der Waals surface area contributed by atoms with Gasteiger partial charge in [-0.1, -0.05) is 37.6 Å². The van der Waals surface area contributed by atoms with Crippen LogP contribution in [-0.4, -0.2) is 29.1 Å². The van der Waals surface area contributed by atoms with Gasteiger partial charge in [0.15, 0.2) is 0 Å². The van der Waals surface area contributed by atoms with Gasteiger partial charge in [-0.3, -0.25) is 9.69 Å². The number of aliphatic carboxylic acids is 1. The zero-order chi connectivity index (χ0) is 12.8. The molecule has 0 aliphatic heterocycles. The van der Waals surface area contributed by atoms with Gasteiger partial charge in [0.2, 0.25) is 0 Å². The van der Waals surface area contributed by atoms with Crippen molar-refractivity contribution in [3.63, 3.8) is 0 Å². The van der Waals surface area contributed by atoms with Gasteiger partial charge in [0, 0.05) is 11.1 Å². The first-order valence-electron chi connectivity index (χ1n) is 5.79. The Morgan fingerprint density at radius 3 is 2.65 bits per heavy atom. The summed E-state index contributed by atoms with van der Waals surface area (Å²) in [5, 5.41) is 9.58. The van der Waals surface area contributed by atoms with E-state index in [0.717, 1.165) is 12.0 Å². The normalized spacial score (nSPS) is 12.7. The number of benzene rings is 1. The molecule has 0 aliphatic carbocycles. The Balaban J connectivity index is 2.92. The van der Waals surface area contributed by atoms with Gasteiger partial charge in [-0.2, -0.15) is 0 Å². The van der Waals surface area contributed by atoms with E-state index in [1.54, 1.807) is 0 Å². The van der Waals surface area contributed by atoms with E-state index in [4.69, 9.17) is 16.7 Å². The molecule has 0 heterocycles. The molecule has 0 fully saturated rings. The number of hydrogen-bond donors (Lipinski definition) is 1. The minimum absolute atomic E-state index is 0.0571. The Morgan fingerprint density at radius 1 is 1.47 bits per heavy atom. The van der Waals surface area contributed by atoms with Gasteiger partial charge in [0.1, 0.15) is 0 Å². The summed E-state index contributed by atoms with van der Waals surface area (Å²) in [5.41, 5.74) is 1.07. The lowest BCUT2D eigenvalue weighted by Crippen LogP contribution is -2.33. The smallest absolute Gasteiger partial charge is 0.317 e. The van der Waals surface area contributed by atoms with Crippen LogP contribution in [0, 0.1) is 0 Å². The number of nitrogens with zero attached hydrogens (tertiary/aromatic N) is 1. The number of carbonyl (C=O) groups is 1. The minimum Gasteiger partial charge on any atom is -0.480 e. The molecule has 1 atom stereocenters. The molecular weight excluding hydrogens is 238 g/mol. The Bertz CT molecular complexity index is 381. The van der Waals surface area contributed by atoms with Crippen LogP contribution in [0.1, 0.15) is 31.9 Å². The van der Waals surface area contributed by atoms with Crippen LogP contribution in [-0.2, 0) is 4.79 Å². The van der Waals surface area contributed by atoms with Crippen LogP contribution in [0.25, 0.3) is 0 Å². The lowest BCUT2D eigenvalue weighted by molar-refractivity contribution is -0.138. The summed E-state index contributed by atoms with van der Waals surface area (Å²) < 4.78 is 0. The summed E-state index contributed by atoms with van der Waals surface area (Å²) in [6, 6.07) is 7.72. The van der Waals surface area contributed by atoms with Crippen molar-refractivity contribution in [1.29, 1.82) is 0 Å². The van der Waals surface area contributed by atoms with Gasteiger partial charge >= 0.3 is 5.97 Å². The third kappa shape index (κ3) is 4.02. The first-order chi connectivity index (χ1) is 8.08. The fourth-order valence-electron chi connectivity index (χ4n) is 2.03. The van der Waals surface area contributed by atoms with Gasteiger partial charge in [-0.25, -0.2) is 0 Å². The average Bonchev–Trinajstić information content (AvgIpc) is 2.28. The maximum atomic E-state index is 10.8. The van der Waals surface area contributed by atoms with Crippen molar-refractivity contribution in [3.05, 3.63) is 34.9 Å². The number of likely N-dealkylation sites (N-methyl/N-ethyl adjacent to an activating group) is 1. The van der Waals surface area contributed by atoms with Crippen molar-refractivity contribution in [2.75, 3.05) is 13.1 Å². The largest absolute Gasteiger partial charge is 0.480 e. The van der Waals surface area contributed by atoms with Crippen LogP contribution in [0.15, 0.2) is 24.3 Å². The summed E-state index contributed by atoms with van der Waals surface area (Å²) in [4.78, 5) is 12.8. The predicted molar refractivity (Wildman–Crippen MR) is 69.4 cm³/mol. The van der Waals surface area contributed by atoms with E-state index in [0.29, 0.717) is 11.6 Å². The monoisotopic (exact) mass is 255 g/mol. The maximum absolute atomic E-state index is 10.8. The second-order valence-corrected chi connectivity index (χ2v) is 4.37. The summed E-state index contributed by atoms with van der Waals surface area (Å²) >= 11 is 5.96.